The van der Waals surface area contributed by atoms with Crippen LogP contribution < -0.4 is 10.5 Å². The van der Waals surface area contributed by atoms with Gasteiger partial charge in [-0.2, -0.15) is 0 Å². The van der Waals surface area contributed by atoms with Crippen LogP contribution in [-0.4, -0.2) is 16.8 Å². The molecule has 0 saturated heterocycles. The maximum atomic E-state index is 10.7. The predicted molar refractivity (Wildman–Crippen MR) is 51.6 cm³/mol. The summed E-state index contributed by atoms with van der Waals surface area (Å²) in [4.78, 5) is 11.5. The molecule has 6 heteroatoms. The molecule has 2 aromatic rings. The minimum absolute atomic E-state index is 0.272. The van der Waals surface area contributed by atoms with Gasteiger partial charge in [-0.25, -0.2) is 9.89 Å². The highest BCUT2D eigenvalue weighted by Crippen LogP contribution is 2.33. The standard InChI is InChI=1S/C8H8N2O3S/c1-2-12-5-3-4-14-6(5)7-9-10-8(11)13-7/h3-4H,2H2,1H3,(H,10,11). The lowest BCUT2D eigenvalue weighted by atomic mass is 10.4. The summed E-state index contributed by atoms with van der Waals surface area (Å²) >= 11 is 1.42. The molecule has 2 heterocycles. The van der Waals surface area contributed by atoms with Crippen LogP contribution in [-0.2, 0) is 0 Å². The number of aromatic nitrogens is 2. The molecule has 1 N–H and O–H groups in total. The third-order valence-electron chi connectivity index (χ3n) is 1.56. The van der Waals surface area contributed by atoms with Gasteiger partial charge in [0.15, 0.2) is 0 Å². The molecule has 5 nitrogen and oxygen atoms in total. The molecule has 2 aromatic heterocycles. The van der Waals surface area contributed by atoms with Crippen molar-refractivity contribution in [2.24, 2.45) is 0 Å². The third kappa shape index (κ3) is 1.56. The maximum absolute atomic E-state index is 10.7. The Bertz CT molecular complexity index is 471. The highest BCUT2D eigenvalue weighted by Gasteiger charge is 2.13. The molecule has 74 valence electrons. The van der Waals surface area contributed by atoms with Gasteiger partial charge in [0.2, 0.25) is 0 Å². The summed E-state index contributed by atoms with van der Waals surface area (Å²) in [6.45, 7) is 2.46. The van der Waals surface area contributed by atoms with E-state index >= 15 is 0 Å². The zero-order valence-electron chi connectivity index (χ0n) is 7.44. The Labute approximate surface area is 83.3 Å². The largest absolute Gasteiger partial charge is 0.492 e. The number of aromatic amines is 1. The van der Waals surface area contributed by atoms with E-state index in [4.69, 9.17) is 9.15 Å². The van der Waals surface area contributed by atoms with Crippen molar-refractivity contribution in [3.05, 3.63) is 22.0 Å². The molecule has 0 saturated carbocycles. The van der Waals surface area contributed by atoms with Crippen LogP contribution in [0.2, 0.25) is 0 Å². The summed E-state index contributed by atoms with van der Waals surface area (Å²) in [5.41, 5.74) is 0. The first-order chi connectivity index (χ1) is 6.81. The number of nitrogens with one attached hydrogen (secondary N) is 1. The van der Waals surface area contributed by atoms with Crippen LogP contribution in [0.25, 0.3) is 10.8 Å². The number of rotatable bonds is 3. The molecule has 0 aliphatic rings. The van der Waals surface area contributed by atoms with Crippen LogP contribution in [0.3, 0.4) is 0 Å². The molecule has 0 amide bonds. The number of hydrogen-bond acceptors (Lipinski definition) is 5. The van der Waals surface area contributed by atoms with E-state index in [9.17, 15) is 4.79 Å². The predicted octanol–water partition coefficient (Wildman–Crippen LogP) is 1.49. The topological polar surface area (TPSA) is 68.1 Å². The summed E-state index contributed by atoms with van der Waals surface area (Å²) in [7, 11) is 0. The van der Waals surface area contributed by atoms with Crippen LogP contribution in [0.1, 0.15) is 6.92 Å². The Hall–Kier alpha value is -1.56. The van der Waals surface area contributed by atoms with Gasteiger partial charge in [-0.15, -0.1) is 16.4 Å². The smallest absolute Gasteiger partial charge is 0.434 e. The van der Waals surface area contributed by atoms with Crippen molar-refractivity contribution in [1.82, 2.24) is 10.2 Å². The van der Waals surface area contributed by atoms with Crippen molar-refractivity contribution in [3.63, 3.8) is 0 Å². The zero-order valence-corrected chi connectivity index (χ0v) is 8.26. The minimum atomic E-state index is -0.559. The van der Waals surface area contributed by atoms with E-state index in [2.05, 4.69) is 10.2 Å². The molecule has 0 unspecified atom stereocenters. The number of hydrogen-bond donors (Lipinski definition) is 1. The van der Waals surface area contributed by atoms with Crippen molar-refractivity contribution in [2.75, 3.05) is 6.61 Å². The molecule has 0 radical (unpaired) electrons. The van der Waals surface area contributed by atoms with E-state index in [1.54, 1.807) is 0 Å². The summed E-state index contributed by atoms with van der Waals surface area (Å²) in [5, 5.41) is 7.79. The summed E-state index contributed by atoms with van der Waals surface area (Å²) in [5.74, 6) is 0.400. The Morgan fingerprint density at radius 1 is 1.71 bits per heavy atom. The van der Waals surface area contributed by atoms with Gasteiger partial charge in [0.05, 0.1) is 6.61 Å². The monoisotopic (exact) mass is 212 g/mol. The molecule has 0 fully saturated rings. The van der Waals surface area contributed by atoms with Crippen molar-refractivity contribution >= 4 is 11.3 Å². The molecular formula is C8H8N2O3S. The first-order valence-electron chi connectivity index (χ1n) is 4.07. The highest BCUT2D eigenvalue weighted by atomic mass is 32.1. The number of H-pyrrole nitrogens is 1. The molecule has 0 bridgehead atoms. The Morgan fingerprint density at radius 3 is 3.21 bits per heavy atom. The SMILES string of the molecule is CCOc1ccsc1-c1n[nH]c(=O)o1. The molecule has 0 atom stereocenters. The van der Waals surface area contributed by atoms with Crippen molar-refractivity contribution in [1.29, 1.82) is 0 Å². The van der Waals surface area contributed by atoms with Gasteiger partial charge < -0.3 is 9.15 Å². The lowest BCUT2D eigenvalue weighted by molar-refractivity contribution is 0.342. The van der Waals surface area contributed by atoms with Gasteiger partial charge in [0.1, 0.15) is 10.6 Å². The first kappa shape index (κ1) is 9.01. The molecule has 14 heavy (non-hydrogen) atoms. The Morgan fingerprint density at radius 2 is 2.57 bits per heavy atom. The number of ether oxygens (including phenoxy) is 1. The van der Waals surface area contributed by atoms with E-state index in [1.807, 2.05) is 18.4 Å². The molecule has 0 aromatic carbocycles. The molecule has 0 spiro atoms. The average Bonchev–Trinajstić information content (AvgIpc) is 2.74. The molecule has 0 aliphatic heterocycles. The fourth-order valence-electron chi connectivity index (χ4n) is 1.05. The van der Waals surface area contributed by atoms with Crippen LogP contribution in [0, 0.1) is 0 Å². The van der Waals surface area contributed by atoms with Gasteiger partial charge in [-0.05, 0) is 18.4 Å². The second-order valence-electron chi connectivity index (χ2n) is 2.47. The van der Waals surface area contributed by atoms with Gasteiger partial charge in [0, 0.05) is 0 Å². The van der Waals surface area contributed by atoms with E-state index in [0.29, 0.717) is 12.4 Å². The lowest BCUT2D eigenvalue weighted by Gasteiger charge is -1.99. The minimum Gasteiger partial charge on any atom is -0.492 e. The number of thiophene rings is 1. The summed E-state index contributed by atoms with van der Waals surface area (Å²) < 4.78 is 10.2. The van der Waals surface area contributed by atoms with Crippen molar-refractivity contribution in [2.45, 2.75) is 6.92 Å². The second kappa shape index (κ2) is 3.67. The Balaban J connectivity index is 2.40. The van der Waals surface area contributed by atoms with E-state index in [0.717, 1.165) is 4.88 Å². The maximum Gasteiger partial charge on any atom is 0.434 e. The van der Waals surface area contributed by atoms with Crippen molar-refractivity contribution < 1.29 is 9.15 Å². The summed E-state index contributed by atoms with van der Waals surface area (Å²) in [6, 6.07) is 1.82. The van der Waals surface area contributed by atoms with Gasteiger partial charge >= 0.3 is 5.76 Å². The van der Waals surface area contributed by atoms with Gasteiger partial charge in [0.25, 0.3) is 5.89 Å². The fraction of sp³-hybridized carbons (Fsp3) is 0.250. The molecular weight excluding hydrogens is 204 g/mol. The van der Waals surface area contributed by atoms with E-state index < -0.39 is 5.76 Å². The fourth-order valence-corrected chi connectivity index (χ4v) is 1.81. The highest BCUT2D eigenvalue weighted by molar-refractivity contribution is 7.13. The van der Waals surface area contributed by atoms with Crippen LogP contribution in [0.15, 0.2) is 20.7 Å². The quantitative estimate of drug-likeness (QED) is 0.836. The van der Waals surface area contributed by atoms with Crippen LogP contribution in [0.5, 0.6) is 5.75 Å². The average molecular weight is 212 g/mol. The first-order valence-corrected chi connectivity index (χ1v) is 4.95. The third-order valence-corrected chi connectivity index (χ3v) is 2.44. The normalized spacial score (nSPS) is 10.4. The Kier molecular flexibility index (Phi) is 2.36. The van der Waals surface area contributed by atoms with E-state index in [1.165, 1.54) is 11.3 Å². The summed E-state index contributed by atoms with van der Waals surface area (Å²) in [6.07, 6.45) is 0. The van der Waals surface area contributed by atoms with Crippen LogP contribution >= 0.6 is 11.3 Å². The second-order valence-corrected chi connectivity index (χ2v) is 3.38. The van der Waals surface area contributed by atoms with Crippen molar-refractivity contribution in [3.8, 4) is 16.5 Å². The van der Waals surface area contributed by atoms with E-state index in [-0.39, 0.29) is 5.89 Å². The lowest BCUT2D eigenvalue weighted by Crippen LogP contribution is -1.93. The van der Waals surface area contributed by atoms with Gasteiger partial charge in [-0.3, -0.25) is 0 Å². The molecule has 2 rings (SSSR count). The number of nitrogens with zero attached hydrogens (tertiary/aromatic N) is 1. The molecule has 0 aliphatic carbocycles. The van der Waals surface area contributed by atoms with Crippen LogP contribution in [0.4, 0.5) is 0 Å². The zero-order chi connectivity index (χ0) is 9.97. The van der Waals surface area contributed by atoms with Gasteiger partial charge in [-0.1, -0.05) is 0 Å².